The molecular formula is C11H11NO2. The standard InChI is InChI=1S/C11H11NO2/c1-14-8-4-5-11(13)9(7-8)10-3-2-6-12-10/h2-7,12-13H,1H3. The lowest BCUT2D eigenvalue weighted by atomic mass is 10.1. The third-order valence-electron chi connectivity index (χ3n) is 2.09. The van der Waals surface area contributed by atoms with E-state index in [1.54, 1.807) is 25.3 Å². The number of H-pyrrole nitrogens is 1. The molecule has 0 atom stereocenters. The molecule has 0 amide bonds. The molecule has 0 saturated heterocycles. The number of rotatable bonds is 2. The minimum Gasteiger partial charge on any atom is -0.507 e. The molecule has 14 heavy (non-hydrogen) atoms. The van der Waals surface area contributed by atoms with Crippen LogP contribution in [-0.2, 0) is 0 Å². The summed E-state index contributed by atoms with van der Waals surface area (Å²) in [6.07, 6.45) is 1.81. The normalized spacial score (nSPS) is 10.1. The van der Waals surface area contributed by atoms with Gasteiger partial charge in [0.05, 0.1) is 7.11 Å². The summed E-state index contributed by atoms with van der Waals surface area (Å²) in [4.78, 5) is 3.03. The van der Waals surface area contributed by atoms with Crippen molar-refractivity contribution in [1.82, 2.24) is 4.98 Å². The van der Waals surface area contributed by atoms with E-state index in [0.717, 1.165) is 17.0 Å². The van der Waals surface area contributed by atoms with E-state index in [4.69, 9.17) is 4.74 Å². The van der Waals surface area contributed by atoms with E-state index < -0.39 is 0 Å². The van der Waals surface area contributed by atoms with Crippen molar-refractivity contribution in [3.63, 3.8) is 0 Å². The SMILES string of the molecule is COc1ccc(O)c(-c2ccc[nH]2)c1. The molecule has 0 fully saturated rings. The van der Waals surface area contributed by atoms with Crippen LogP contribution >= 0.6 is 0 Å². The molecule has 0 aliphatic carbocycles. The van der Waals surface area contributed by atoms with Gasteiger partial charge in [0, 0.05) is 17.5 Å². The van der Waals surface area contributed by atoms with Crippen LogP contribution in [0.5, 0.6) is 11.5 Å². The molecule has 0 aliphatic rings. The van der Waals surface area contributed by atoms with Crippen molar-refractivity contribution in [2.45, 2.75) is 0 Å². The summed E-state index contributed by atoms with van der Waals surface area (Å²) in [6, 6.07) is 8.92. The molecule has 0 unspecified atom stereocenters. The van der Waals surface area contributed by atoms with Gasteiger partial charge in [-0.1, -0.05) is 0 Å². The first-order valence-corrected chi connectivity index (χ1v) is 4.32. The molecule has 0 saturated carbocycles. The largest absolute Gasteiger partial charge is 0.507 e. The molecule has 2 aromatic rings. The van der Waals surface area contributed by atoms with Crippen LogP contribution in [0.4, 0.5) is 0 Å². The monoisotopic (exact) mass is 189 g/mol. The van der Waals surface area contributed by atoms with Crippen LogP contribution in [0.25, 0.3) is 11.3 Å². The molecule has 0 bridgehead atoms. The van der Waals surface area contributed by atoms with Gasteiger partial charge in [-0.15, -0.1) is 0 Å². The van der Waals surface area contributed by atoms with Gasteiger partial charge in [0.15, 0.2) is 0 Å². The van der Waals surface area contributed by atoms with Gasteiger partial charge in [-0.05, 0) is 30.3 Å². The number of ether oxygens (including phenoxy) is 1. The van der Waals surface area contributed by atoms with Crippen molar-refractivity contribution in [3.8, 4) is 22.8 Å². The van der Waals surface area contributed by atoms with Crippen LogP contribution in [0.15, 0.2) is 36.5 Å². The van der Waals surface area contributed by atoms with Gasteiger partial charge in [-0.2, -0.15) is 0 Å². The number of phenolic OH excluding ortho intramolecular Hbond substituents is 1. The van der Waals surface area contributed by atoms with Gasteiger partial charge in [0.1, 0.15) is 11.5 Å². The van der Waals surface area contributed by atoms with E-state index in [9.17, 15) is 5.11 Å². The van der Waals surface area contributed by atoms with Gasteiger partial charge < -0.3 is 14.8 Å². The van der Waals surface area contributed by atoms with Crippen molar-refractivity contribution in [3.05, 3.63) is 36.5 Å². The summed E-state index contributed by atoms with van der Waals surface area (Å²) < 4.78 is 5.08. The van der Waals surface area contributed by atoms with Crippen molar-refractivity contribution >= 4 is 0 Å². The number of benzene rings is 1. The van der Waals surface area contributed by atoms with Crippen LogP contribution in [0.3, 0.4) is 0 Å². The lowest BCUT2D eigenvalue weighted by Gasteiger charge is -2.05. The van der Waals surface area contributed by atoms with E-state index >= 15 is 0 Å². The van der Waals surface area contributed by atoms with Crippen molar-refractivity contribution in [1.29, 1.82) is 0 Å². The predicted molar refractivity (Wildman–Crippen MR) is 54.4 cm³/mol. The number of hydrogen-bond donors (Lipinski definition) is 2. The molecule has 2 N–H and O–H groups in total. The molecular weight excluding hydrogens is 178 g/mol. The fourth-order valence-corrected chi connectivity index (χ4v) is 1.36. The number of nitrogens with one attached hydrogen (secondary N) is 1. The molecule has 3 nitrogen and oxygen atoms in total. The highest BCUT2D eigenvalue weighted by Gasteiger charge is 2.05. The Bertz CT molecular complexity index is 421. The average Bonchev–Trinajstić information content (AvgIpc) is 2.71. The minimum atomic E-state index is 0.244. The minimum absolute atomic E-state index is 0.244. The summed E-state index contributed by atoms with van der Waals surface area (Å²) in [5, 5.41) is 9.63. The molecule has 1 aromatic heterocycles. The summed E-state index contributed by atoms with van der Waals surface area (Å²) in [5.74, 6) is 0.973. The lowest BCUT2D eigenvalue weighted by Crippen LogP contribution is -1.84. The predicted octanol–water partition coefficient (Wildman–Crippen LogP) is 2.40. The molecule has 3 heteroatoms. The number of methoxy groups -OCH3 is 1. The highest BCUT2D eigenvalue weighted by atomic mass is 16.5. The lowest BCUT2D eigenvalue weighted by molar-refractivity contribution is 0.412. The van der Waals surface area contributed by atoms with E-state index in [-0.39, 0.29) is 5.75 Å². The number of aromatic amines is 1. The second-order valence-corrected chi connectivity index (χ2v) is 2.97. The first-order chi connectivity index (χ1) is 6.81. The third-order valence-corrected chi connectivity index (χ3v) is 2.09. The van der Waals surface area contributed by atoms with Crippen molar-refractivity contribution in [2.75, 3.05) is 7.11 Å². The Hall–Kier alpha value is -1.90. The zero-order valence-corrected chi connectivity index (χ0v) is 7.82. The Labute approximate surface area is 82.0 Å². The Morgan fingerprint density at radius 3 is 2.79 bits per heavy atom. The first-order valence-electron chi connectivity index (χ1n) is 4.32. The highest BCUT2D eigenvalue weighted by molar-refractivity contribution is 5.68. The Kier molecular flexibility index (Phi) is 2.14. The van der Waals surface area contributed by atoms with Gasteiger partial charge in [-0.3, -0.25) is 0 Å². The number of aromatic nitrogens is 1. The van der Waals surface area contributed by atoms with Crippen LogP contribution in [-0.4, -0.2) is 17.2 Å². The molecule has 0 aliphatic heterocycles. The Morgan fingerprint density at radius 1 is 1.29 bits per heavy atom. The maximum Gasteiger partial charge on any atom is 0.125 e. The zero-order valence-electron chi connectivity index (χ0n) is 7.82. The smallest absolute Gasteiger partial charge is 0.125 e. The van der Waals surface area contributed by atoms with Crippen LogP contribution < -0.4 is 4.74 Å². The molecule has 72 valence electrons. The molecule has 2 rings (SSSR count). The fourth-order valence-electron chi connectivity index (χ4n) is 1.36. The zero-order chi connectivity index (χ0) is 9.97. The summed E-state index contributed by atoms with van der Waals surface area (Å²) in [5.41, 5.74) is 1.62. The maximum absolute atomic E-state index is 9.63. The summed E-state index contributed by atoms with van der Waals surface area (Å²) in [6.45, 7) is 0. The second kappa shape index (κ2) is 3.46. The van der Waals surface area contributed by atoms with Gasteiger partial charge in [0.2, 0.25) is 0 Å². The molecule has 0 spiro atoms. The molecule has 1 heterocycles. The quantitative estimate of drug-likeness (QED) is 0.761. The van der Waals surface area contributed by atoms with Crippen LogP contribution in [0.2, 0.25) is 0 Å². The Morgan fingerprint density at radius 2 is 2.14 bits per heavy atom. The molecule has 1 aromatic carbocycles. The van der Waals surface area contributed by atoms with Crippen molar-refractivity contribution < 1.29 is 9.84 Å². The van der Waals surface area contributed by atoms with E-state index in [1.165, 1.54) is 0 Å². The first kappa shape index (κ1) is 8.69. The fraction of sp³-hybridized carbons (Fsp3) is 0.0909. The van der Waals surface area contributed by atoms with E-state index in [2.05, 4.69) is 4.98 Å². The van der Waals surface area contributed by atoms with Gasteiger partial charge in [-0.25, -0.2) is 0 Å². The Balaban J connectivity index is 2.51. The molecule has 0 radical (unpaired) electrons. The van der Waals surface area contributed by atoms with Gasteiger partial charge in [0.25, 0.3) is 0 Å². The summed E-state index contributed by atoms with van der Waals surface area (Å²) >= 11 is 0. The number of aromatic hydroxyl groups is 1. The second-order valence-electron chi connectivity index (χ2n) is 2.97. The van der Waals surface area contributed by atoms with Gasteiger partial charge >= 0.3 is 0 Å². The van der Waals surface area contributed by atoms with Crippen LogP contribution in [0, 0.1) is 0 Å². The van der Waals surface area contributed by atoms with Crippen LogP contribution in [0.1, 0.15) is 0 Å². The third kappa shape index (κ3) is 1.44. The highest BCUT2D eigenvalue weighted by Crippen LogP contribution is 2.31. The van der Waals surface area contributed by atoms with E-state index in [1.807, 2.05) is 18.3 Å². The van der Waals surface area contributed by atoms with Crippen molar-refractivity contribution in [2.24, 2.45) is 0 Å². The van der Waals surface area contributed by atoms with E-state index in [0.29, 0.717) is 0 Å². The topological polar surface area (TPSA) is 45.2 Å². The average molecular weight is 189 g/mol. The maximum atomic E-state index is 9.63. The summed E-state index contributed by atoms with van der Waals surface area (Å²) in [7, 11) is 1.60. The number of phenols is 1. The number of hydrogen-bond acceptors (Lipinski definition) is 2.